The summed E-state index contributed by atoms with van der Waals surface area (Å²) in [6, 6.07) is 2.46. The number of aromatic nitrogens is 1. The number of hydrogen-bond donors (Lipinski definition) is 0. The number of amides is 3. The highest BCUT2D eigenvalue weighted by Gasteiger charge is 2.50. The van der Waals surface area contributed by atoms with Gasteiger partial charge in [-0.15, -0.1) is 5.12 Å². The van der Waals surface area contributed by atoms with Crippen LogP contribution in [0.3, 0.4) is 0 Å². The number of fused-ring (bicyclic) bond motifs is 1. The van der Waals surface area contributed by atoms with Gasteiger partial charge in [0.05, 0.1) is 6.21 Å². The average Bonchev–Trinajstić information content (AvgIpc) is 2.94. The molecule has 1 fully saturated rings. The number of carbonyl (C=O) groups excluding carboxylic acids is 2. The Morgan fingerprint density at radius 3 is 2.86 bits per heavy atom. The Kier molecular flexibility index (Phi) is 3.09. The molecule has 0 aliphatic carbocycles. The lowest BCUT2D eigenvalue weighted by Crippen LogP contribution is -2.63. The van der Waals surface area contributed by atoms with E-state index >= 15 is 0 Å². The van der Waals surface area contributed by atoms with Gasteiger partial charge in [0.2, 0.25) is 0 Å². The summed E-state index contributed by atoms with van der Waals surface area (Å²) in [6.45, 7) is 0. The molecule has 9 nitrogen and oxygen atoms in total. The first-order chi connectivity index (χ1) is 10.1. The van der Waals surface area contributed by atoms with Crippen molar-refractivity contribution in [2.45, 2.75) is 12.2 Å². The smallest absolute Gasteiger partial charge is 0.301 e. The van der Waals surface area contributed by atoms with Crippen LogP contribution in [-0.2, 0) is 4.79 Å². The van der Waals surface area contributed by atoms with E-state index in [1.54, 1.807) is 31.7 Å². The lowest BCUT2D eigenvalue weighted by molar-refractivity contribution is -0.134. The predicted molar refractivity (Wildman–Crippen MR) is 72.0 cm³/mol. The van der Waals surface area contributed by atoms with Gasteiger partial charge in [0.15, 0.2) is 12.2 Å². The van der Waals surface area contributed by atoms with Gasteiger partial charge in [0.25, 0.3) is 5.91 Å². The summed E-state index contributed by atoms with van der Waals surface area (Å²) >= 11 is 0. The topological polar surface area (TPSA) is 93.8 Å². The number of nitrogens with zero attached hydrogens (tertiary/aromatic N) is 7. The largest absolute Gasteiger partial charge is 0.328 e. The van der Waals surface area contributed by atoms with Gasteiger partial charge in [-0.05, 0) is 6.07 Å². The van der Waals surface area contributed by atoms with Crippen LogP contribution in [0.4, 0.5) is 4.79 Å². The third-order valence-electron chi connectivity index (χ3n) is 3.37. The Hall–Kier alpha value is -2.84. The van der Waals surface area contributed by atoms with Crippen LogP contribution in [0.1, 0.15) is 5.56 Å². The van der Waals surface area contributed by atoms with E-state index in [0.717, 1.165) is 10.5 Å². The molecule has 21 heavy (non-hydrogen) atoms. The van der Waals surface area contributed by atoms with Crippen LogP contribution in [-0.4, -0.2) is 64.4 Å². The molecule has 0 aromatic carbocycles. The van der Waals surface area contributed by atoms with Gasteiger partial charge in [0.1, 0.15) is 0 Å². The Morgan fingerprint density at radius 2 is 2.14 bits per heavy atom. The summed E-state index contributed by atoms with van der Waals surface area (Å²) in [5.74, 6) is -0.383. The van der Waals surface area contributed by atoms with Gasteiger partial charge in [-0.2, -0.15) is 10.2 Å². The molecule has 2 atom stereocenters. The minimum Gasteiger partial charge on any atom is -0.301 e. The normalized spacial score (nSPS) is 25.1. The number of hydrogen-bond acceptors (Lipinski definition) is 7. The molecule has 0 spiro atoms. The van der Waals surface area contributed by atoms with Crippen LogP contribution in [0.15, 0.2) is 40.0 Å². The summed E-state index contributed by atoms with van der Waals surface area (Å²) in [5.41, 5.74) is 0.782. The van der Waals surface area contributed by atoms with Gasteiger partial charge < -0.3 is 4.90 Å². The summed E-state index contributed by atoms with van der Waals surface area (Å²) in [7, 11) is 3.01. The first-order valence-corrected chi connectivity index (χ1v) is 6.28. The fourth-order valence-corrected chi connectivity index (χ4v) is 2.20. The second-order valence-electron chi connectivity index (χ2n) is 4.71. The maximum absolute atomic E-state index is 12.0. The van der Waals surface area contributed by atoms with E-state index in [0.29, 0.717) is 0 Å². The Morgan fingerprint density at radius 1 is 1.33 bits per heavy atom. The molecule has 2 aliphatic rings. The molecule has 0 N–H and O–H groups in total. The molecule has 0 bridgehead atoms. The molecular formula is C12H13N7O2. The number of urea groups is 1. The highest BCUT2D eigenvalue weighted by Crippen LogP contribution is 2.27. The minimum atomic E-state index is -0.747. The highest BCUT2D eigenvalue weighted by molar-refractivity contribution is 6.00. The van der Waals surface area contributed by atoms with Crippen LogP contribution in [0.2, 0.25) is 0 Å². The van der Waals surface area contributed by atoms with Crippen molar-refractivity contribution < 1.29 is 9.59 Å². The van der Waals surface area contributed by atoms with Crippen molar-refractivity contribution in [3.05, 3.63) is 30.1 Å². The molecule has 2 unspecified atom stereocenters. The summed E-state index contributed by atoms with van der Waals surface area (Å²) in [6.07, 6.45) is 4.22. The summed E-state index contributed by atoms with van der Waals surface area (Å²) in [4.78, 5) is 30.4. The molecule has 2 aliphatic heterocycles. The Balaban J connectivity index is 1.83. The zero-order valence-corrected chi connectivity index (χ0v) is 11.5. The monoisotopic (exact) mass is 287 g/mol. The number of hydrazone groups is 1. The van der Waals surface area contributed by atoms with Crippen molar-refractivity contribution in [3.8, 4) is 0 Å². The standard InChI is InChI=1S/C12H13N7O2/c1-17-10-9(11(20)18(2)12(17)21)15-16-19(10)14-7-8-4-3-5-13-6-8/h3-7,9-10H,1-2H3. The SMILES string of the molecule is CN1C(=O)C2N=NN(N=Cc3cccnc3)C2N(C)C1=O. The maximum atomic E-state index is 12.0. The van der Waals surface area contributed by atoms with Gasteiger partial charge >= 0.3 is 6.03 Å². The molecule has 0 saturated carbocycles. The minimum absolute atomic E-state index is 0.383. The van der Waals surface area contributed by atoms with E-state index in [9.17, 15) is 9.59 Å². The van der Waals surface area contributed by atoms with Crippen LogP contribution in [0.25, 0.3) is 0 Å². The van der Waals surface area contributed by atoms with Crippen LogP contribution in [0.5, 0.6) is 0 Å². The fraction of sp³-hybridized carbons (Fsp3) is 0.333. The zero-order chi connectivity index (χ0) is 15.0. The fourth-order valence-electron chi connectivity index (χ4n) is 2.20. The molecule has 1 aromatic rings. The highest BCUT2D eigenvalue weighted by atomic mass is 16.2. The van der Waals surface area contributed by atoms with Gasteiger partial charge in [0, 0.05) is 32.1 Å². The first kappa shape index (κ1) is 13.2. The van der Waals surface area contributed by atoms with E-state index in [1.165, 1.54) is 17.1 Å². The predicted octanol–water partition coefficient (Wildman–Crippen LogP) is 0.317. The molecule has 1 saturated heterocycles. The molecule has 9 heteroatoms. The Labute approximate surface area is 120 Å². The molecule has 3 amide bonds. The third-order valence-corrected chi connectivity index (χ3v) is 3.37. The quantitative estimate of drug-likeness (QED) is 0.732. The maximum Gasteiger partial charge on any atom is 0.328 e. The van der Waals surface area contributed by atoms with E-state index in [1.807, 2.05) is 6.07 Å². The van der Waals surface area contributed by atoms with Gasteiger partial charge in [-0.1, -0.05) is 11.3 Å². The second-order valence-corrected chi connectivity index (χ2v) is 4.71. The van der Waals surface area contributed by atoms with Crippen LogP contribution >= 0.6 is 0 Å². The zero-order valence-electron chi connectivity index (χ0n) is 11.5. The summed E-state index contributed by atoms with van der Waals surface area (Å²) < 4.78 is 0. The van der Waals surface area contributed by atoms with Crippen LogP contribution in [0, 0.1) is 0 Å². The lowest BCUT2D eigenvalue weighted by atomic mass is 10.1. The Bertz CT molecular complexity index is 630. The lowest BCUT2D eigenvalue weighted by Gasteiger charge is -2.37. The van der Waals surface area contributed by atoms with Crippen molar-refractivity contribution in [3.63, 3.8) is 0 Å². The molecule has 108 valence electrons. The van der Waals surface area contributed by atoms with E-state index in [4.69, 9.17) is 0 Å². The second kappa shape index (κ2) is 4.93. The van der Waals surface area contributed by atoms with Crippen molar-refractivity contribution in [2.24, 2.45) is 15.4 Å². The molecule has 0 radical (unpaired) electrons. The molecule has 1 aromatic heterocycles. The van der Waals surface area contributed by atoms with E-state index < -0.39 is 18.2 Å². The molecule has 3 rings (SSSR count). The van der Waals surface area contributed by atoms with Gasteiger partial charge in [-0.3, -0.25) is 14.7 Å². The third kappa shape index (κ3) is 2.12. The van der Waals surface area contributed by atoms with Crippen molar-refractivity contribution >= 4 is 18.2 Å². The number of imide groups is 1. The van der Waals surface area contributed by atoms with Crippen molar-refractivity contribution in [1.29, 1.82) is 0 Å². The van der Waals surface area contributed by atoms with Gasteiger partial charge in [-0.25, -0.2) is 4.79 Å². The number of rotatable bonds is 2. The van der Waals surface area contributed by atoms with Crippen molar-refractivity contribution in [1.82, 2.24) is 19.9 Å². The number of pyridine rings is 1. The first-order valence-electron chi connectivity index (χ1n) is 6.28. The summed E-state index contributed by atoms with van der Waals surface area (Å²) in [5, 5.41) is 13.2. The molecule has 3 heterocycles. The number of likely N-dealkylation sites (N-methyl/N-ethyl adjacent to an activating group) is 2. The average molecular weight is 287 g/mol. The van der Waals surface area contributed by atoms with E-state index in [2.05, 4.69) is 20.4 Å². The molecular weight excluding hydrogens is 274 g/mol. The van der Waals surface area contributed by atoms with E-state index in [-0.39, 0.29) is 5.91 Å². The van der Waals surface area contributed by atoms with Crippen LogP contribution < -0.4 is 0 Å². The van der Waals surface area contributed by atoms with Crippen molar-refractivity contribution in [2.75, 3.05) is 14.1 Å². The number of carbonyl (C=O) groups is 2.